The van der Waals surface area contributed by atoms with Crippen LogP contribution in [-0.4, -0.2) is 30.0 Å². The summed E-state index contributed by atoms with van der Waals surface area (Å²) in [6.45, 7) is 6.93. The summed E-state index contributed by atoms with van der Waals surface area (Å²) in [4.78, 5) is 12.0. The van der Waals surface area contributed by atoms with E-state index in [9.17, 15) is 4.79 Å². The zero-order valence-corrected chi connectivity index (χ0v) is 12.6. The molecule has 0 aliphatic carbocycles. The molecule has 1 aliphatic rings. The van der Waals surface area contributed by atoms with Crippen molar-refractivity contribution in [2.75, 3.05) is 11.9 Å². The van der Waals surface area contributed by atoms with E-state index < -0.39 is 0 Å². The molecule has 100 valence electrons. The van der Waals surface area contributed by atoms with Crippen LogP contribution in [0.1, 0.15) is 40.0 Å². The van der Waals surface area contributed by atoms with E-state index in [-0.39, 0.29) is 24.0 Å². The van der Waals surface area contributed by atoms with Crippen LogP contribution in [0.4, 0.5) is 0 Å². The second kappa shape index (κ2) is 7.37. The number of unbranched alkanes of at least 4 members (excludes halogenated alkanes) is 2. The minimum atomic E-state index is 0.0150. The van der Waals surface area contributed by atoms with Crippen LogP contribution in [0.2, 0.25) is 0 Å². The summed E-state index contributed by atoms with van der Waals surface area (Å²) in [6.07, 6.45) is 3.63. The predicted octanol–water partition coefficient (Wildman–Crippen LogP) is 2.73. The Hall–Kier alpha value is -0.0900. The van der Waals surface area contributed by atoms with Gasteiger partial charge in [0.05, 0.1) is 18.1 Å². The molecular formula is C13H24BrNO2. The quantitative estimate of drug-likeness (QED) is 0.605. The van der Waals surface area contributed by atoms with Crippen molar-refractivity contribution in [2.24, 2.45) is 11.8 Å². The van der Waals surface area contributed by atoms with Gasteiger partial charge in [-0.25, -0.2) is 0 Å². The Kier molecular flexibility index (Phi) is 6.49. The van der Waals surface area contributed by atoms with Crippen molar-refractivity contribution in [3.63, 3.8) is 0 Å². The molecule has 1 aliphatic heterocycles. The Morgan fingerprint density at radius 2 is 1.88 bits per heavy atom. The molecule has 4 unspecified atom stereocenters. The first kappa shape index (κ1) is 15.0. The highest BCUT2D eigenvalue weighted by molar-refractivity contribution is 9.09. The first-order chi connectivity index (χ1) is 8.07. The average molecular weight is 306 g/mol. The fourth-order valence-electron chi connectivity index (χ4n) is 2.44. The molecule has 0 saturated carbocycles. The standard InChI is InChI=1S/C13H24BrNO2/c1-9-10(2)17-11(3)12(9)13(16)15-8-6-4-5-7-14/h9-12H,4-8H2,1-3H3,(H,15,16). The maximum absolute atomic E-state index is 12.0. The summed E-state index contributed by atoms with van der Waals surface area (Å²) in [5, 5.41) is 4.08. The number of rotatable bonds is 6. The first-order valence-electron chi connectivity index (χ1n) is 6.57. The molecule has 1 heterocycles. The molecule has 0 radical (unpaired) electrons. The summed E-state index contributed by atoms with van der Waals surface area (Å²) >= 11 is 3.40. The number of ether oxygens (including phenoxy) is 1. The molecule has 0 aromatic carbocycles. The van der Waals surface area contributed by atoms with Gasteiger partial charge >= 0.3 is 0 Å². The molecule has 17 heavy (non-hydrogen) atoms. The third-order valence-corrected chi connectivity index (χ3v) is 4.22. The van der Waals surface area contributed by atoms with Crippen LogP contribution >= 0.6 is 15.9 Å². The van der Waals surface area contributed by atoms with Gasteiger partial charge < -0.3 is 10.1 Å². The third-order valence-electron chi connectivity index (χ3n) is 3.65. The largest absolute Gasteiger partial charge is 0.374 e. The van der Waals surface area contributed by atoms with E-state index >= 15 is 0 Å². The van der Waals surface area contributed by atoms with Crippen molar-refractivity contribution in [3.05, 3.63) is 0 Å². The first-order valence-corrected chi connectivity index (χ1v) is 7.69. The molecule has 4 atom stereocenters. The average Bonchev–Trinajstić information content (AvgIpc) is 2.53. The van der Waals surface area contributed by atoms with E-state index in [4.69, 9.17) is 4.74 Å². The Bertz CT molecular complexity index is 248. The van der Waals surface area contributed by atoms with Crippen LogP contribution < -0.4 is 5.32 Å². The SMILES string of the molecule is CC1OC(C)C(C(=O)NCCCCCBr)C1C. The van der Waals surface area contributed by atoms with Crippen molar-refractivity contribution >= 4 is 21.8 Å². The van der Waals surface area contributed by atoms with Crippen LogP contribution in [0.5, 0.6) is 0 Å². The molecule has 1 amide bonds. The summed E-state index contributed by atoms with van der Waals surface area (Å²) in [6, 6.07) is 0. The summed E-state index contributed by atoms with van der Waals surface area (Å²) < 4.78 is 5.68. The molecule has 1 rings (SSSR count). The van der Waals surface area contributed by atoms with Crippen molar-refractivity contribution < 1.29 is 9.53 Å². The minimum absolute atomic E-state index is 0.0150. The van der Waals surface area contributed by atoms with Gasteiger partial charge in [-0.15, -0.1) is 0 Å². The van der Waals surface area contributed by atoms with Crippen molar-refractivity contribution in [1.82, 2.24) is 5.32 Å². The summed E-state index contributed by atoms with van der Waals surface area (Å²) in [5.74, 6) is 0.488. The summed E-state index contributed by atoms with van der Waals surface area (Å²) in [7, 11) is 0. The molecule has 4 heteroatoms. The maximum atomic E-state index is 12.0. The van der Waals surface area contributed by atoms with E-state index in [1.165, 1.54) is 6.42 Å². The fraction of sp³-hybridized carbons (Fsp3) is 0.923. The second-order valence-corrected chi connectivity index (χ2v) is 5.76. The van der Waals surface area contributed by atoms with Gasteiger partial charge in [0.15, 0.2) is 0 Å². The van der Waals surface area contributed by atoms with Gasteiger partial charge in [0.1, 0.15) is 0 Å². The lowest BCUT2D eigenvalue weighted by Gasteiger charge is -2.17. The van der Waals surface area contributed by atoms with Crippen LogP contribution in [0.3, 0.4) is 0 Å². The van der Waals surface area contributed by atoms with Gasteiger partial charge in [-0.05, 0) is 32.6 Å². The van der Waals surface area contributed by atoms with Crippen molar-refractivity contribution in [2.45, 2.75) is 52.2 Å². The van der Waals surface area contributed by atoms with E-state index in [1.54, 1.807) is 0 Å². The smallest absolute Gasteiger partial charge is 0.226 e. The second-order valence-electron chi connectivity index (χ2n) is 4.97. The highest BCUT2D eigenvalue weighted by atomic mass is 79.9. The van der Waals surface area contributed by atoms with E-state index in [0.717, 1.165) is 24.7 Å². The normalized spacial score (nSPS) is 32.7. The fourth-order valence-corrected chi connectivity index (χ4v) is 2.84. The Morgan fingerprint density at radius 3 is 2.41 bits per heavy atom. The number of carbonyl (C=O) groups is 1. The Labute approximate surface area is 113 Å². The third kappa shape index (κ3) is 4.25. The molecular weight excluding hydrogens is 282 g/mol. The minimum Gasteiger partial charge on any atom is -0.374 e. The van der Waals surface area contributed by atoms with Gasteiger partial charge in [-0.3, -0.25) is 4.79 Å². The van der Waals surface area contributed by atoms with E-state index in [0.29, 0.717) is 5.92 Å². The van der Waals surface area contributed by atoms with Gasteiger partial charge in [-0.2, -0.15) is 0 Å². The van der Waals surface area contributed by atoms with Gasteiger partial charge in [0.2, 0.25) is 5.91 Å². The van der Waals surface area contributed by atoms with Crippen LogP contribution in [0.15, 0.2) is 0 Å². The number of hydrogen-bond acceptors (Lipinski definition) is 2. The summed E-state index contributed by atoms with van der Waals surface area (Å²) in [5.41, 5.74) is 0. The predicted molar refractivity (Wildman–Crippen MR) is 73.3 cm³/mol. The van der Waals surface area contributed by atoms with Gasteiger partial charge in [0.25, 0.3) is 0 Å². The monoisotopic (exact) mass is 305 g/mol. The van der Waals surface area contributed by atoms with Crippen LogP contribution in [0, 0.1) is 11.8 Å². The lowest BCUT2D eigenvalue weighted by atomic mass is 9.89. The van der Waals surface area contributed by atoms with E-state index in [1.807, 2.05) is 13.8 Å². The number of amides is 1. The zero-order valence-electron chi connectivity index (χ0n) is 11.0. The topological polar surface area (TPSA) is 38.3 Å². The highest BCUT2D eigenvalue weighted by Crippen LogP contribution is 2.32. The number of halogens is 1. The van der Waals surface area contributed by atoms with Gasteiger partial charge in [0, 0.05) is 11.9 Å². The van der Waals surface area contributed by atoms with Crippen molar-refractivity contribution in [3.8, 4) is 0 Å². The number of hydrogen-bond donors (Lipinski definition) is 1. The molecule has 3 nitrogen and oxygen atoms in total. The van der Waals surface area contributed by atoms with Gasteiger partial charge in [-0.1, -0.05) is 29.3 Å². The highest BCUT2D eigenvalue weighted by Gasteiger charge is 2.41. The van der Waals surface area contributed by atoms with Crippen LogP contribution in [-0.2, 0) is 9.53 Å². The Balaban J connectivity index is 2.27. The Morgan fingerprint density at radius 1 is 1.18 bits per heavy atom. The molecule has 0 spiro atoms. The number of nitrogens with one attached hydrogen (secondary N) is 1. The van der Waals surface area contributed by atoms with Crippen molar-refractivity contribution in [1.29, 1.82) is 0 Å². The molecule has 1 N–H and O–H groups in total. The van der Waals surface area contributed by atoms with Crippen LogP contribution in [0.25, 0.3) is 0 Å². The lowest BCUT2D eigenvalue weighted by molar-refractivity contribution is -0.127. The molecule has 1 saturated heterocycles. The maximum Gasteiger partial charge on any atom is 0.226 e. The zero-order chi connectivity index (χ0) is 12.8. The molecule has 0 aromatic heterocycles. The lowest BCUT2D eigenvalue weighted by Crippen LogP contribution is -2.37. The molecule has 1 fully saturated rings. The van der Waals surface area contributed by atoms with E-state index in [2.05, 4.69) is 28.2 Å². The molecule has 0 aromatic rings. The number of carbonyl (C=O) groups excluding carboxylic acids is 1. The molecule has 0 bridgehead atoms. The number of alkyl halides is 1.